The van der Waals surface area contributed by atoms with Crippen molar-refractivity contribution in [3.8, 4) is 22.4 Å². The van der Waals surface area contributed by atoms with E-state index in [2.05, 4.69) is 14.9 Å². The molecule has 454 valence electrons. The van der Waals surface area contributed by atoms with Crippen LogP contribution in [0.2, 0.25) is 5.02 Å². The fourth-order valence-corrected chi connectivity index (χ4v) is 15.6. The van der Waals surface area contributed by atoms with Gasteiger partial charge in [-0.25, -0.2) is 29.6 Å². The zero-order valence-corrected chi connectivity index (χ0v) is 51.3. The van der Waals surface area contributed by atoms with Gasteiger partial charge in [0.25, 0.3) is 19.9 Å². The standard InChI is InChI=1S/C57H66ClF4N6O11PS4/c1-38(2)68-39(3)55(82(4,73)74)53(54(68)40-11-13-43(58)14-12-40)42-33-44(59)35-48(34-42)67-29-27-66(28-30-67)47-17-15-45(16-18-47)64-84(77,78)50-19-20-51(52(36-50)83(75,76)57(60,61)62)63-46(37-81-49-9-6-5-7-10-49)23-26-65-24-21-41(22-25-65)56(69)79-31-8-32-80(70,71)72/h5-7,9-20,33-36,38,41,46,63-64H,8,21-32,37H2,1-4H3,(H2,70,71,72)/t46-/m1/s1. The number of aromatic nitrogens is 1. The number of hydrogen-bond donors (Lipinski definition) is 4. The lowest BCUT2D eigenvalue weighted by Gasteiger charge is -2.37. The Morgan fingerprint density at radius 2 is 1.45 bits per heavy atom. The number of carbonyl (C=O) groups excluding carboxylic acids is 1. The minimum Gasteiger partial charge on any atom is -0.465 e. The van der Waals surface area contributed by atoms with Crippen molar-refractivity contribution in [3.63, 3.8) is 0 Å². The number of piperazine rings is 1. The number of thioether (sulfide) groups is 1. The molecule has 1 aromatic heterocycles. The van der Waals surface area contributed by atoms with Crippen molar-refractivity contribution >= 4 is 89.4 Å². The quantitative estimate of drug-likeness (QED) is 0.0154. The Morgan fingerprint density at radius 3 is 2.05 bits per heavy atom. The molecule has 27 heteroatoms. The van der Waals surface area contributed by atoms with Crippen LogP contribution < -0.4 is 19.8 Å². The molecule has 0 spiro atoms. The molecule has 2 aliphatic heterocycles. The topological polar surface area (TPSA) is 225 Å². The van der Waals surface area contributed by atoms with Gasteiger partial charge in [-0.2, -0.15) is 13.2 Å². The van der Waals surface area contributed by atoms with E-state index in [9.17, 15) is 47.8 Å². The lowest BCUT2D eigenvalue weighted by Crippen LogP contribution is -2.46. The highest BCUT2D eigenvalue weighted by molar-refractivity contribution is 7.99. The summed E-state index contributed by atoms with van der Waals surface area (Å²) in [5.74, 6) is -1.19. The van der Waals surface area contributed by atoms with Crippen LogP contribution in [0.5, 0.6) is 0 Å². The maximum Gasteiger partial charge on any atom is 0.501 e. The summed E-state index contributed by atoms with van der Waals surface area (Å²) < 4.78 is 161. The summed E-state index contributed by atoms with van der Waals surface area (Å²) in [6.07, 6.45) is 1.91. The normalized spacial score (nSPS) is 15.6. The first-order valence-corrected chi connectivity index (χ1v) is 35.0. The number of esters is 1. The molecule has 4 N–H and O–H groups in total. The number of carbonyl (C=O) groups is 1. The van der Waals surface area contributed by atoms with Gasteiger partial charge in [-0.05, 0) is 156 Å². The van der Waals surface area contributed by atoms with E-state index in [1.165, 1.54) is 36.0 Å². The number of anilines is 4. The highest BCUT2D eigenvalue weighted by atomic mass is 35.5. The first-order chi connectivity index (χ1) is 39.5. The van der Waals surface area contributed by atoms with Gasteiger partial charge >= 0.3 is 19.1 Å². The van der Waals surface area contributed by atoms with Gasteiger partial charge in [0.05, 0.1) is 39.9 Å². The Labute approximate surface area is 496 Å². The van der Waals surface area contributed by atoms with Crippen LogP contribution in [0, 0.1) is 18.7 Å². The number of likely N-dealkylation sites (tertiary alicyclic amines) is 1. The molecule has 0 amide bonds. The van der Waals surface area contributed by atoms with Gasteiger partial charge in [-0.1, -0.05) is 41.9 Å². The van der Waals surface area contributed by atoms with E-state index in [0.29, 0.717) is 116 Å². The first kappa shape index (κ1) is 64.4. The van der Waals surface area contributed by atoms with Gasteiger partial charge in [0.1, 0.15) is 10.7 Å². The average molecular weight is 1280 g/mol. The van der Waals surface area contributed by atoms with E-state index in [-0.39, 0.29) is 35.4 Å². The molecule has 0 radical (unpaired) electrons. The second-order valence-corrected chi connectivity index (χ2v) is 29.9. The molecule has 6 aromatic rings. The van der Waals surface area contributed by atoms with Crippen molar-refractivity contribution in [3.05, 3.63) is 132 Å². The molecule has 3 heterocycles. The Balaban J connectivity index is 0.952. The Bertz CT molecular complexity index is 3710. The van der Waals surface area contributed by atoms with Crippen molar-refractivity contribution in [1.29, 1.82) is 0 Å². The van der Waals surface area contributed by atoms with Crippen LogP contribution in [0.25, 0.3) is 22.4 Å². The predicted octanol–water partition coefficient (Wildman–Crippen LogP) is 11.1. The van der Waals surface area contributed by atoms with E-state index >= 15 is 4.39 Å². The summed E-state index contributed by atoms with van der Waals surface area (Å²) in [4.78, 5) is 35.8. The van der Waals surface area contributed by atoms with E-state index in [4.69, 9.17) is 26.1 Å². The number of alkyl halides is 3. The lowest BCUT2D eigenvalue weighted by atomic mass is 9.96. The highest BCUT2D eigenvalue weighted by Crippen LogP contribution is 2.45. The second-order valence-electron chi connectivity index (χ2n) is 21.1. The summed E-state index contributed by atoms with van der Waals surface area (Å²) in [5.41, 5.74) is -2.40. The zero-order chi connectivity index (χ0) is 60.9. The number of piperidine rings is 1. The van der Waals surface area contributed by atoms with Crippen LogP contribution in [0.3, 0.4) is 0 Å². The monoisotopic (exact) mass is 1280 g/mol. The zero-order valence-electron chi connectivity index (χ0n) is 46.4. The molecular formula is C57H66ClF4N6O11PS4. The molecule has 0 bridgehead atoms. The Hall–Kier alpha value is -5.63. The van der Waals surface area contributed by atoms with Crippen LogP contribution in [0.4, 0.5) is 40.3 Å². The molecule has 0 unspecified atom stereocenters. The van der Waals surface area contributed by atoms with Gasteiger partial charge in [-0.15, -0.1) is 11.8 Å². The van der Waals surface area contributed by atoms with Gasteiger partial charge in [0.15, 0.2) is 9.84 Å². The molecule has 1 atom stereocenters. The van der Waals surface area contributed by atoms with Crippen molar-refractivity contribution in [2.24, 2.45) is 5.92 Å². The predicted molar refractivity (Wildman–Crippen MR) is 321 cm³/mol. The largest absolute Gasteiger partial charge is 0.501 e. The number of benzene rings is 5. The van der Waals surface area contributed by atoms with E-state index in [1.54, 1.807) is 49.4 Å². The number of rotatable bonds is 23. The van der Waals surface area contributed by atoms with Gasteiger partial charge in [-0.3, -0.25) is 14.1 Å². The van der Waals surface area contributed by atoms with Crippen LogP contribution in [0.15, 0.2) is 135 Å². The summed E-state index contributed by atoms with van der Waals surface area (Å²) >= 11 is 7.63. The van der Waals surface area contributed by atoms with E-state index in [1.807, 2.05) is 58.5 Å². The molecule has 5 aromatic carbocycles. The number of sulfone groups is 2. The summed E-state index contributed by atoms with van der Waals surface area (Å²) in [7, 11) is -18.9. The van der Waals surface area contributed by atoms with Crippen LogP contribution >= 0.6 is 31.0 Å². The minimum atomic E-state index is -6.13. The molecule has 2 fully saturated rings. The SMILES string of the molecule is Cc1c(S(C)(=O)=O)c(-c2cc(F)cc(N3CCN(c4ccc(NS(=O)(=O)c5ccc(N[C@H](CCN6CCC(C(=O)OCCCP(=O)(O)O)CC6)CSc6ccccc6)c(S(=O)(=O)C(F)(F)F)c5)cc4)CC3)c2)c(-c2ccc(Cl)cc2)n1C(C)C. The smallest absolute Gasteiger partial charge is 0.465 e. The van der Waals surface area contributed by atoms with Crippen molar-refractivity contribution in [2.75, 3.05) is 90.4 Å². The minimum absolute atomic E-state index is 0.0139. The summed E-state index contributed by atoms with van der Waals surface area (Å²) in [5, 5.41) is 3.49. The Kier molecular flexibility index (Phi) is 20.3. The van der Waals surface area contributed by atoms with Crippen LogP contribution in [0.1, 0.15) is 51.3 Å². The summed E-state index contributed by atoms with van der Waals surface area (Å²) in [6, 6.07) is 28.6. The average Bonchev–Trinajstić information content (AvgIpc) is 2.84. The first-order valence-electron chi connectivity index (χ1n) is 27.0. The maximum atomic E-state index is 15.8. The van der Waals surface area contributed by atoms with Crippen molar-refractivity contribution in [2.45, 2.75) is 83.6 Å². The van der Waals surface area contributed by atoms with E-state index in [0.717, 1.165) is 23.3 Å². The fraction of sp³-hybridized carbons (Fsp3) is 0.386. The highest BCUT2D eigenvalue weighted by Gasteiger charge is 2.48. The molecule has 84 heavy (non-hydrogen) atoms. The van der Waals surface area contributed by atoms with Gasteiger partial charge in [0.2, 0.25) is 0 Å². The number of ether oxygens (including phenoxy) is 1. The lowest BCUT2D eigenvalue weighted by molar-refractivity contribution is -0.150. The molecule has 17 nitrogen and oxygen atoms in total. The van der Waals surface area contributed by atoms with Gasteiger partial charge < -0.3 is 39.1 Å². The van der Waals surface area contributed by atoms with Crippen molar-refractivity contribution < 1.29 is 66.7 Å². The number of halogens is 5. The molecule has 2 saturated heterocycles. The molecule has 0 aliphatic carbocycles. The molecular weight excluding hydrogens is 1220 g/mol. The molecule has 2 aliphatic rings. The number of sulfonamides is 1. The summed E-state index contributed by atoms with van der Waals surface area (Å²) in [6.45, 7) is 8.56. The maximum absolute atomic E-state index is 15.8. The molecule has 8 rings (SSSR count). The van der Waals surface area contributed by atoms with Crippen molar-refractivity contribution in [1.82, 2.24) is 9.47 Å². The Morgan fingerprint density at radius 1 is 0.821 bits per heavy atom. The fourth-order valence-electron chi connectivity index (χ4n) is 10.6. The number of nitrogens with one attached hydrogen (secondary N) is 2. The van der Waals surface area contributed by atoms with Crippen LogP contribution in [-0.4, -0.2) is 133 Å². The third kappa shape index (κ3) is 15.9. The number of nitrogens with zero attached hydrogens (tertiary/aromatic N) is 4. The third-order valence-corrected chi connectivity index (χ3v) is 21.1. The van der Waals surface area contributed by atoms with Gasteiger partial charge in [0, 0.05) is 95.1 Å². The second kappa shape index (κ2) is 26.5. The van der Waals surface area contributed by atoms with Crippen LogP contribution in [-0.2, 0) is 43.8 Å². The van der Waals surface area contributed by atoms with E-state index < -0.39 is 88.2 Å². The molecule has 0 saturated carbocycles. The third-order valence-electron chi connectivity index (χ3n) is 14.7. The number of hydrogen-bond acceptors (Lipinski definition) is 14.